The van der Waals surface area contributed by atoms with Crippen molar-refractivity contribution in [3.8, 4) is 0 Å². The number of benzene rings is 1. The van der Waals surface area contributed by atoms with Gasteiger partial charge in [0.15, 0.2) is 0 Å². The summed E-state index contributed by atoms with van der Waals surface area (Å²) in [4.78, 5) is 12.0. The van der Waals surface area contributed by atoms with Crippen LogP contribution >= 0.6 is 15.9 Å². The molecule has 1 amide bonds. The van der Waals surface area contributed by atoms with Gasteiger partial charge >= 0.3 is 0 Å². The van der Waals surface area contributed by atoms with E-state index in [9.17, 15) is 13.6 Å². The molecule has 104 valence electrons. The standard InChI is InChI=1S/C14H16BrF2NO/c15-9-10-3-5-12(6-4-10)18-13(19)11-2-1-7-14(16,17)8-11/h3-6,11H,1-2,7-9H2,(H,18,19). The maximum Gasteiger partial charge on any atom is 0.248 e. The smallest absolute Gasteiger partial charge is 0.248 e. The minimum Gasteiger partial charge on any atom is -0.326 e. The fraction of sp³-hybridized carbons (Fsp3) is 0.500. The van der Waals surface area contributed by atoms with Crippen LogP contribution in [-0.4, -0.2) is 11.8 Å². The number of nitrogens with one attached hydrogen (secondary N) is 1. The lowest BCUT2D eigenvalue weighted by Crippen LogP contribution is -2.33. The molecular weight excluding hydrogens is 316 g/mol. The molecule has 0 aromatic heterocycles. The van der Waals surface area contributed by atoms with Crippen LogP contribution in [0.4, 0.5) is 14.5 Å². The molecule has 1 atom stereocenters. The van der Waals surface area contributed by atoms with Crippen LogP contribution in [0.15, 0.2) is 24.3 Å². The van der Waals surface area contributed by atoms with Gasteiger partial charge in [-0.15, -0.1) is 0 Å². The number of carbonyl (C=O) groups excluding carboxylic acids is 1. The van der Waals surface area contributed by atoms with Crippen molar-refractivity contribution in [1.29, 1.82) is 0 Å². The maximum absolute atomic E-state index is 13.3. The van der Waals surface area contributed by atoms with E-state index < -0.39 is 11.8 Å². The molecule has 1 unspecified atom stereocenters. The Morgan fingerprint density at radius 1 is 1.37 bits per heavy atom. The van der Waals surface area contributed by atoms with Gasteiger partial charge in [0, 0.05) is 29.8 Å². The van der Waals surface area contributed by atoms with Crippen LogP contribution in [0.1, 0.15) is 31.2 Å². The third-order valence-electron chi connectivity index (χ3n) is 3.39. The summed E-state index contributed by atoms with van der Waals surface area (Å²) in [6, 6.07) is 7.35. The van der Waals surface area contributed by atoms with E-state index in [1.54, 1.807) is 12.1 Å². The molecule has 0 heterocycles. The fourth-order valence-corrected chi connectivity index (χ4v) is 2.69. The van der Waals surface area contributed by atoms with Crippen LogP contribution in [0, 0.1) is 5.92 Å². The van der Waals surface area contributed by atoms with Crippen LogP contribution in [0.25, 0.3) is 0 Å². The van der Waals surface area contributed by atoms with E-state index in [1.165, 1.54) is 0 Å². The molecule has 2 rings (SSSR count). The molecule has 2 nitrogen and oxygen atoms in total. The van der Waals surface area contributed by atoms with Crippen molar-refractivity contribution in [3.63, 3.8) is 0 Å². The molecule has 1 aliphatic carbocycles. The first-order valence-corrected chi connectivity index (χ1v) is 7.46. The minimum absolute atomic E-state index is 0.100. The van der Waals surface area contributed by atoms with Crippen molar-refractivity contribution in [2.24, 2.45) is 5.92 Å². The number of halogens is 3. The van der Waals surface area contributed by atoms with Crippen molar-refractivity contribution < 1.29 is 13.6 Å². The van der Waals surface area contributed by atoms with Crippen LogP contribution in [0.3, 0.4) is 0 Å². The van der Waals surface area contributed by atoms with Crippen LogP contribution in [0.5, 0.6) is 0 Å². The zero-order valence-electron chi connectivity index (χ0n) is 10.5. The zero-order chi connectivity index (χ0) is 13.9. The van der Waals surface area contributed by atoms with Crippen LogP contribution in [-0.2, 0) is 10.1 Å². The second-order valence-corrected chi connectivity index (χ2v) is 5.53. The van der Waals surface area contributed by atoms with Crippen LogP contribution < -0.4 is 5.32 Å². The highest BCUT2D eigenvalue weighted by Gasteiger charge is 2.39. The predicted octanol–water partition coefficient (Wildman–Crippen LogP) is 4.35. The monoisotopic (exact) mass is 331 g/mol. The highest BCUT2D eigenvalue weighted by atomic mass is 79.9. The molecule has 1 saturated carbocycles. The number of carbonyl (C=O) groups is 1. The summed E-state index contributed by atoms with van der Waals surface area (Å²) in [7, 11) is 0. The summed E-state index contributed by atoms with van der Waals surface area (Å²) in [5.74, 6) is -3.58. The highest BCUT2D eigenvalue weighted by Crippen LogP contribution is 2.37. The SMILES string of the molecule is O=C(Nc1ccc(CBr)cc1)C1CCCC(F)(F)C1. The van der Waals surface area contributed by atoms with Gasteiger partial charge in [-0.2, -0.15) is 0 Å². The molecule has 0 bridgehead atoms. The lowest BCUT2D eigenvalue weighted by Gasteiger charge is -2.27. The topological polar surface area (TPSA) is 29.1 Å². The zero-order valence-corrected chi connectivity index (χ0v) is 12.1. The summed E-state index contributed by atoms with van der Waals surface area (Å²) >= 11 is 3.34. The number of hydrogen-bond acceptors (Lipinski definition) is 1. The molecular formula is C14H16BrF2NO. The minimum atomic E-state index is -2.69. The van der Waals surface area contributed by atoms with Gasteiger partial charge in [0.1, 0.15) is 0 Å². The first kappa shape index (κ1) is 14.4. The molecule has 0 saturated heterocycles. The van der Waals surface area contributed by atoms with Crippen molar-refractivity contribution in [2.45, 2.75) is 36.9 Å². The molecule has 0 spiro atoms. The van der Waals surface area contributed by atoms with E-state index in [-0.39, 0.29) is 18.7 Å². The van der Waals surface area contributed by atoms with Gasteiger partial charge in [-0.25, -0.2) is 8.78 Å². The van der Waals surface area contributed by atoms with Gasteiger partial charge < -0.3 is 5.32 Å². The molecule has 5 heteroatoms. The van der Waals surface area contributed by atoms with Gasteiger partial charge in [-0.05, 0) is 30.5 Å². The van der Waals surface area contributed by atoms with Gasteiger partial charge in [0.2, 0.25) is 11.8 Å². The second kappa shape index (κ2) is 5.99. The van der Waals surface area contributed by atoms with E-state index in [2.05, 4.69) is 21.2 Å². The molecule has 0 radical (unpaired) electrons. The summed E-state index contributed by atoms with van der Waals surface area (Å²) in [6.07, 6.45) is 0.517. The Hall–Kier alpha value is -0.970. The third kappa shape index (κ3) is 4.00. The second-order valence-electron chi connectivity index (χ2n) is 4.97. The van der Waals surface area contributed by atoms with E-state index in [0.717, 1.165) is 10.9 Å². The number of anilines is 1. The average molecular weight is 332 g/mol. The largest absolute Gasteiger partial charge is 0.326 e. The molecule has 1 N–H and O–H groups in total. The average Bonchev–Trinajstić information content (AvgIpc) is 2.38. The van der Waals surface area contributed by atoms with Crippen molar-refractivity contribution in [2.75, 3.05) is 5.32 Å². The molecule has 19 heavy (non-hydrogen) atoms. The Balaban J connectivity index is 1.96. The lowest BCUT2D eigenvalue weighted by molar-refractivity contribution is -0.127. The maximum atomic E-state index is 13.3. The molecule has 1 fully saturated rings. The quantitative estimate of drug-likeness (QED) is 0.820. The van der Waals surface area contributed by atoms with Crippen molar-refractivity contribution >= 4 is 27.5 Å². The molecule has 1 aromatic carbocycles. The number of amides is 1. The van der Waals surface area contributed by atoms with Gasteiger partial charge in [0.05, 0.1) is 0 Å². The molecule has 1 aliphatic rings. The summed E-state index contributed by atoms with van der Waals surface area (Å²) in [5.41, 5.74) is 1.76. The Kier molecular flexibility index (Phi) is 4.55. The van der Waals surface area contributed by atoms with E-state index in [4.69, 9.17) is 0 Å². The Bertz CT molecular complexity index is 447. The lowest BCUT2D eigenvalue weighted by atomic mass is 9.86. The molecule has 1 aromatic rings. The van der Waals surface area contributed by atoms with Gasteiger partial charge in [-0.1, -0.05) is 28.1 Å². The predicted molar refractivity (Wildman–Crippen MR) is 74.6 cm³/mol. The first-order valence-electron chi connectivity index (χ1n) is 6.34. The van der Waals surface area contributed by atoms with Gasteiger partial charge in [0.25, 0.3) is 0 Å². The Morgan fingerprint density at radius 2 is 2.05 bits per heavy atom. The molecule has 0 aliphatic heterocycles. The van der Waals surface area contributed by atoms with E-state index in [1.807, 2.05) is 12.1 Å². The van der Waals surface area contributed by atoms with E-state index >= 15 is 0 Å². The normalized spacial score (nSPS) is 21.9. The Labute approximate surface area is 119 Å². The third-order valence-corrected chi connectivity index (χ3v) is 4.03. The highest BCUT2D eigenvalue weighted by molar-refractivity contribution is 9.08. The fourth-order valence-electron chi connectivity index (χ4n) is 2.32. The number of alkyl halides is 3. The van der Waals surface area contributed by atoms with Gasteiger partial charge in [-0.3, -0.25) is 4.79 Å². The van der Waals surface area contributed by atoms with Crippen molar-refractivity contribution in [1.82, 2.24) is 0 Å². The number of rotatable bonds is 3. The summed E-state index contributed by atoms with van der Waals surface area (Å²) < 4.78 is 26.5. The summed E-state index contributed by atoms with van der Waals surface area (Å²) in [5, 5.41) is 3.46. The first-order chi connectivity index (χ1) is 9.00. The van der Waals surface area contributed by atoms with Crippen molar-refractivity contribution in [3.05, 3.63) is 29.8 Å². The summed E-state index contributed by atoms with van der Waals surface area (Å²) in [6.45, 7) is 0. The number of hydrogen-bond donors (Lipinski definition) is 1. The van der Waals surface area contributed by atoms with Crippen LogP contribution in [0.2, 0.25) is 0 Å². The Morgan fingerprint density at radius 3 is 2.63 bits per heavy atom. The van der Waals surface area contributed by atoms with E-state index in [0.29, 0.717) is 18.5 Å².